The fraction of sp³-hybridized carbons (Fsp3) is 0.667. The zero-order valence-corrected chi connectivity index (χ0v) is 13.3. The predicted molar refractivity (Wildman–Crippen MR) is 77.8 cm³/mol. The van der Waals surface area contributed by atoms with Crippen LogP contribution in [0.25, 0.3) is 0 Å². The maximum absolute atomic E-state index is 12.6. The van der Waals surface area contributed by atoms with Crippen molar-refractivity contribution in [3.63, 3.8) is 0 Å². The first-order valence-electron chi connectivity index (χ1n) is 7.23. The number of rotatable bonds is 2. The molecule has 2 heterocycles. The number of hydrogen-bond donors (Lipinski definition) is 0. The molecule has 0 aromatic carbocycles. The van der Waals surface area contributed by atoms with Gasteiger partial charge in [-0.3, -0.25) is 9.48 Å². The highest BCUT2D eigenvalue weighted by Crippen LogP contribution is 2.23. The molecule has 116 valence electrons. The summed E-state index contributed by atoms with van der Waals surface area (Å²) in [5.74, 6) is -0.487. The molecule has 0 bridgehead atoms. The second-order valence-electron chi connectivity index (χ2n) is 6.48. The Balaban J connectivity index is 2.17. The Bertz CT molecular complexity index is 557. The van der Waals surface area contributed by atoms with E-state index in [1.807, 2.05) is 27.7 Å². The number of carbonyl (C=O) groups excluding carboxylic acids is 2. The lowest BCUT2D eigenvalue weighted by Gasteiger charge is -2.27. The van der Waals surface area contributed by atoms with Crippen LogP contribution in [0.4, 0.5) is 0 Å². The number of ether oxygens (including phenoxy) is 1. The molecule has 0 aliphatic carbocycles. The van der Waals surface area contributed by atoms with Crippen molar-refractivity contribution in [1.82, 2.24) is 14.7 Å². The maximum Gasteiger partial charge on any atom is 0.329 e. The molecule has 1 aliphatic heterocycles. The van der Waals surface area contributed by atoms with Gasteiger partial charge < -0.3 is 9.64 Å². The molecule has 0 saturated carbocycles. The summed E-state index contributed by atoms with van der Waals surface area (Å²) >= 11 is 0. The van der Waals surface area contributed by atoms with Crippen LogP contribution in [0, 0.1) is 6.92 Å². The van der Waals surface area contributed by atoms with Crippen LogP contribution in [0.5, 0.6) is 0 Å². The van der Waals surface area contributed by atoms with E-state index in [9.17, 15) is 9.59 Å². The van der Waals surface area contributed by atoms with Gasteiger partial charge in [-0.1, -0.05) is 0 Å². The Hall–Kier alpha value is -1.85. The lowest BCUT2D eigenvalue weighted by Crippen LogP contribution is -2.44. The Morgan fingerprint density at radius 2 is 2.05 bits per heavy atom. The standard InChI is InChI=1S/C15H23N3O3/c1-10-9-12(17(5)16-10)13(19)18-8-6-7-11(18)14(20)21-15(2,3)4/h9,11H,6-8H2,1-5H3/t11-/m1/s1. The first-order valence-corrected chi connectivity index (χ1v) is 7.23. The van der Waals surface area contributed by atoms with Crippen LogP contribution in [-0.2, 0) is 16.6 Å². The zero-order valence-electron chi connectivity index (χ0n) is 13.3. The summed E-state index contributed by atoms with van der Waals surface area (Å²) in [7, 11) is 1.73. The maximum atomic E-state index is 12.6. The third-order valence-electron chi connectivity index (χ3n) is 3.41. The number of amides is 1. The van der Waals surface area contributed by atoms with Crippen LogP contribution in [0.1, 0.15) is 49.8 Å². The van der Waals surface area contributed by atoms with Crippen molar-refractivity contribution >= 4 is 11.9 Å². The lowest BCUT2D eigenvalue weighted by atomic mass is 10.1. The average Bonchev–Trinajstić information content (AvgIpc) is 2.92. The van der Waals surface area contributed by atoms with Gasteiger partial charge in [-0.05, 0) is 46.6 Å². The molecule has 1 fully saturated rings. The minimum atomic E-state index is -0.544. The van der Waals surface area contributed by atoms with E-state index in [4.69, 9.17) is 4.74 Å². The normalized spacial score (nSPS) is 18.9. The molecular formula is C15H23N3O3. The molecule has 1 saturated heterocycles. The molecule has 21 heavy (non-hydrogen) atoms. The van der Waals surface area contributed by atoms with E-state index in [2.05, 4.69) is 5.10 Å². The third-order valence-corrected chi connectivity index (χ3v) is 3.41. The summed E-state index contributed by atoms with van der Waals surface area (Å²) in [6, 6.07) is 1.25. The summed E-state index contributed by atoms with van der Waals surface area (Å²) in [6.45, 7) is 7.91. The Morgan fingerprint density at radius 3 is 2.57 bits per heavy atom. The monoisotopic (exact) mass is 293 g/mol. The minimum absolute atomic E-state index is 0.161. The summed E-state index contributed by atoms with van der Waals surface area (Å²) in [6.07, 6.45) is 1.46. The number of aryl methyl sites for hydroxylation is 2. The van der Waals surface area contributed by atoms with Crippen molar-refractivity contribution in [3.05, 3.63) is 17.5 Å². The van der Waals surface area contributed by atoms with Gasteiger partial charge in [0.2, 0.25) is 0 Å². The van der Waals surface area contributed by atoms with Gasteiger partial charge >= 0.3 is 5.97 Å². The van der Waals surface area contributed by atoms with E-state index in [0.717, 1.165) is 12.1 Å². The Kier molecular flexibility index (Phi) is 4.07. The molecule has 0 spiro atoms. The predicted octanol–water partition coefficient (Wildman–Crippen LogP) is 1.67. The molecule has 1 amide bonds. The molecule has 1 aromatic heterocycles. The largest absolute Gasteiger partial charge is 0.458 e. The topological polar surface area (TPSA) is 64.4 Å². The van der Waals surface area contributed by atoms with Crippen LogP contribution in [-0.4, -0.2) is 44.7 Å². The van der Waals surface area contributed by atoms with Gasteiger partial charge in [-0.2, -0.15) is 5.10 Å². The van der Waals surface area contributed by atoms with Crippen LogP contribution >= 0.6 is 0 Å². The van der Waals surface area contributed by atoms with Crippen molar-refractivity contribution in [2.75, 3.05) is 6.54 Å². The highest BCUT2D eigenvalue weighted by Gasteiger charge is 2.38. The minimum Gasteiger partial charge on any atom is -0.458 e. The number of hydrogen-bond acceptors (Lipinski definition) is 4. The van der Waals surface area contributed by atoms with Gasteiger partial charge in [-0.25, -0.2) is 4.79 Å². The Labute approximate surface area is 125 Å². The summed E-state index contributed by atoms with van der Waals surface area (Å²) < 4.78 is 6.98. The first kappa shape index (κ1) is 15.5. The van der Waals surface area contributed by atoms with Crippen LogP contribution < -0.4 is 0 Å². The SMILES string of the molecule is Cc1cc(C(=O)N2CCC[C@@H]2C(=O)OC(C)(C)C)n(C)n1. The molecule has 1 aromatic rings. The van der Waals surface area contributed by atoms with Gasteiger partial charge in [0.05, 0.1) is 5.69 Å². The second kappa shape index (κ2) is 5.50. The number of carbonyl (C=O) groups is 2. The van der Waals surface area contributed by atoms with Crippen LogP contribution in [0.2, 0.25) is 0 Å². The van der Waals surface area contributed by atoms with E-state index in [0.29, 0.717) is 18.7 Å². The van der Waals surface area contributed by atoms with Crippen molar-refractivity contribution in [2.24, 2.45) is 7.05 Å². The highest BCUT2D eigenvalue weighted by atomic mass is 16.6. The number of nitrogens with zero attached hydrogens (tertiary/aromatic N) is 3. The van der Waals surface area contributed by atoms with Crippen LogP contribution in [0.15, 0.2) is 6.07 Å². The summed E-state index contributed by atoms with van der Waals surface area (Å²) in [5, 5.41) is 4.19. The first-order chi connectivity index (χ1) is 9.69. The van der Waals surface area contributed by atoms with Gasteiger partial charge in [0.15, 0.2) is 0 Å². The molecule has 1 aliphatic rings. The van der Waals surface area contributed by atoms with Crippen molar-refractivity contribution in [3.8, 4) is 0 Å². The van der Waals surface area contributed by atoms with E-state index in [1.165, 1.54) is 0 Å². The molecule has 0 radical (unpaired) electrons. The van der Waals surface area contributed by atoms with E-state index in [-0.39, 0.29) is 11.9 Å². The van der Waals surface area contributed by atoms with Gasteiger partial charge in [0.25, 0.3) is 5.91 Å². The number of likely N-dealkylation sites (tertiary alicyclic amines) is 1. The molecule has 6 heteroatoms. The van der Waals surface area contributed by atoms with Crippen molar-refractivity contribution in [1.29, 1.82) is 0 Å². The van der Waals surface area contributed by atoms with Crippen LogP contribution in [0.3, 0.4) is 0 Å². The molecule has 1 atom stereocenters. The molecule has 0 N–H and O–H groups in total. The fourth-order valence-electron chi connectivity index (χ4n) is 2.58. The fourth-order valence-corrected chi connectivity index (χ4v) is 2.58. The lowest BCUT2D eigenvalue weighted by molar-refractivity contribution is -0.159. The summed E-state index contributed by atoms with van der Waals surface area (Å²) in [4.78, 5) is 26.5. The van der Waals surface area contributed by atoms with Gasteiger partial charge in [-0.15, -0.1) is 0 Å². The number of aromatic nitrogens is 2. The quantitative estimate of drug-likeness (QED) is 0.778. The number of esters is 1. The average molecular weight is 293 g/mol. The van der Waals surface area contributed by atoms with E-state index >= 15 is 0 Å². The highest BCUT2D eigenvalue weighted by molar-refractivity contribution is 5.96. The summed E-state index contributed by atoms with van der Waals surface area (Å²) in [5.41, 5.74) is 0.745. The smallest absolute Gasteiger partial charge is 0.329 e. The van der Waals surface area contributed by atoms with E-state index in [1.54, 1.807) is 22.7 Å². The van der Waals surface area contributed by atoms with Gasteiger partial charge in [0.1, 0.15) is 17.3 Å². The molecule has 2 rings (SSSR count). The zero-order chi connectivity index (χ0) is 15.8. The third kappa shape index (κ3) is 3.43. The molecule has 0 unspecified atom stereocenters. The van der Waals surface area contributed by atoms with Crippen molar-refractivity contribution in [2.45, 2.75) is 52.2 Å². The van der Waals surface area contributed by atoms with Gasteiger partial charge in [0, 0.05) is 13.6 Å². The molecule has 6 nitrogen and oxygen atoms in total. The Morgan fingerprint density at radius 1 is 1.38 bits per heavy atom. The second-order valence-corrected chi connectivity index (χ2v) is 6.48. The molecular weight excluding hydrogens is 270 g/mol. The van der Waals surface area contributed by atoms with Crippen molar-refractivity contribution < 1.29 is 14.3 Å². The van der Waals surface area contributed by atoms with E-state index < -0.39 is 11.6 Å².